The van der Waals surface area contributed by atoms with Crippen molar-refractivity contribution in [3.63, 3.8) is 0 Å². The Labute approximate surface area is 171 Å². The molecule has 1 saturated carbocycles. The minimum Gasteiger partial charge on any atom is -0.468 e. The summed E-state index contributed by atoms with van der Waals surface area (Å²) in [5, 5.41) is 4.26. The number of amides is 1. The smallest absolute Gasteiger partial charge is 0.323 e. The molecule has 6 nitrogen and oxygen atoms in total. The number of ether oxygens (including phenoxy) is 1. The van der Waals surface area contributed by atoms with Crippen molar-refractivity contribution in [3.8, 4) is 0 Å². The van der Waals surface area contributed by atoms with Crippen LogP contribution in [0, 0.1) is 5.92 Å². The highest BCUT2D eigenvalue weighted by atomic mass is 16.5. The molecule has 2 aliphatic rings. The van der Waals surface area contributed by atoms with Gasteiger partial charge in [-0.2, -0.15) is 0 Å². The molecule has 1 N–H and O–H groups in total. The van der Waals surface area contributed by atoms with Gasteiger partial charge < -0.3 is 10.1 Å². The number of carbonyl (C=O) groups excluding carboxylic acids is 2. The third-order valence-electron chi connectivity index (χ3n) is 6.30. The van der Waals surface area contributed by atoms with E-state index in [9.17, 15) is 9.59 Å². The zero-order chi connectivity index (χ0) is 20.2. The summed E-state index contributed by atoms with van der Waals surface area (Å²) in [5.74, 6) is 0.393. The van der Waals surface area contributed by atoms with Crippen LogP contribution in [0.5, 0.6) is 0 Å². The summed E-state index contributed by atoms with van der Waals surface area (Å²) in [4.78, 5) is 31.4. The Hall–Kier alpha value is -2.47. The first-order valence-corrected chi connectivity index (χ1v) is 10.6. The van der Waals surface area contributed by atoms with Gasteiger partial charge in [-0.15, -0.1) is 0 Å². The lowest BCUT2D eigenvalue weighted by Gasteiger charge is -2.22. The number of fused-ring (bicyclic) bond motifs is 1. The number of methoxy groups -OCH3 is 1. The van der Waals surface area contributed by atoms with Crippen molar-refractivity contribution >= 4 is 22.8 Å². The third-order valence-corrected chi connectivity index (χ3v) is 6.30. The number of benzene rings is 1. The highest BCUT2D eigenvalue weighted by Crippen LogP contribution is 2.28. The minimum atomic E-state index is -0.344. The van der Waals surface area contributed by atoms with Crippen molar-refractivity contribution in [1.29, 1.82) is 0 Å². The van der Waals surface area contributed by atoms with Crippen LogP contribution in [0.15, 0.2) is 36.5 Å². The fourth-order valence-corrected chi connectivity index (χ4v) is 4.84. The topological polar surface area (TPSA) is 71.5 Å². The second-order valence-corrected chi connectivity index (χ2v) is 8.31. The first-order chi connectivity index (χ1) is 14.1. The number of hydrogen-bond acceptors (Lipinski definition) is 5. The molecule has 1 saturated heterocycles. The van der Waals surface area contributed by atoms with Gasteiger partial charge in [0, 0.05) is 37.1 Å². The van der Waals surface area contributed by atoms with E-state index in [0.29, 0.717) is 31.8 Å². The number of likely N-dealkylation sites (tertiary alicyclic amines) is 1. The molecule has 1 aliphatic carbocycles. The van der Waals surface area contributed by atoms with Gasteiger partial charge in [0.15, 0.2) is 0 Å². The van der Waals surface area contributed by atoms with Crippen molar-refractivity contribution in [3.05, 3.63) is 42.1 Å². The van der Waals surface area contributed by atoms with E-state index >= 15 is 0 Å². The molecule has 2 heterocycles. The number of nitrogens with one attached hydrogen (secondary N) is 1. The Kier molecular flexibility index (Phi) is 6.09. The Morgan fingerprint density at radius 1 is 1.21 bits per heavy atom. The number of pyridine rings is 1. The zero-order valence-electron chi connectivity index (χ0n) is 17.0. The fraction of sp³-hybridized carbons (Fsp3) is 0.522. The van der Waals surface area contributed by atoms with Gasteiger partial charge in [0.25, 0.3) is 0 Å². The molecule has 2 fully saturated rings. The Morgan fingerprint density at radius 3 is 2.79 bits per heavy atom. The van der Waals surface area contributed by atoms with E-state index in [0.717, 1.165) is 29.3 Å². The minimum absolute atomic E-state index is 0.0268. The molecule has 4 rings (SSSR count). The molecule has 2 atom stereocenters. The van der Waals surface area contributed by atoms with Gasteiger partial charge in [-0.3, -0.25) is 19.5 Å². The van der Waals surface area contributed by atoms with E-state index in [-0.39, 0.29) is 24.0 Å². The predicted molar refractivity (Wildman–Crippen MR) is 111 cm³/mol. The lowest BCUT2D eigenvalue weighted by molar-refractivity contribution is -0.146. The lowest BCUT2D eigenvalue weighted by atomic mass is 10.0. The van der Waals surface area contributed by atoms with Crippen LogP contribution >= 0.6 is 0 Å². The maximum Gasteiger partial charge on any atom is 0.323 e. The van der Waals surface area contributed by atoms with Crippen molar-refractivity contribution in [1.82, 2.24) is 15.2 Å². The molecule has 0 radical (unpaired) electrons. The number of aromatic nitrogens is 1. The molecule has 0 bridgehead atoms. The van der Waals surface area contributed by atoms with Crippen LogP contribution in [0.4, 0.5) is 0 Å². The van der Waals surface area contributed by atoms with E-state index in [2.05, 4.69) is 21.3 Å². The first-order valence-electron chi connectivity index (χ1n) is 10.6. The van der Waals surface area contributed by atoms with Crippen molar-refractivity contribution in [2.45, 2.75) is 57.2 Å². The molecule has 6 heteroatoms. The third kappa shape index (κ3) is 4.58. The molecule has 1 amide bonds. The van der Waals surface area contributed by atoms with Gasteiger partial charge >= 0.3 is 5.97 Å². The van der Waals surface area contributed by atoms with Gasteiger partial charge in [-0.05, 0) is 42.9 Å². The summed E-state index contributed by atoms with van der Waals surface area (Å²) in [6.45, 7) is 1.27. The maximum absolute atomic E-state index is 12.5. The van der Waals surface area contributed by atoms with Crippen LogP contribution in [0.2, 0.25) is 0 Å². The summed E-state index contributed by atoms with van der Waals surface area (Å²) < 4.78 is 5.04. The van der Waals surface area contributed by atoms with Gasteiger partial charge in [-0.1, -0.05) is 31.0 Å². The normalized spacial score (nSPS) is 22.8. The lowest BCUT2D eigenvalue weighted by Crippen LogP contribution is -2.38. The average Bonchev–Trinajstić information content (AvgIpc) is 3.37. The van der Waals surface area contributed by atoms with E-state index in [1.165, 1.54) is 20.0 Å². The van der Waals surface area contributed by atoms with Crippen molar-refractivity contribution < 1.29 is 14.3 Å². The van der Waals surface area contributed by atoms with E-state index in [4.69, 9.17) is 4.74 Å². The molecular formula is C23H29N3O3. The summed E-state index contributed by atoms with van der Waals surface area (Å²) in [6, 6.07) is 9.66. The number of carbonyl (C=O) groups is 2. The Morgan fingerprint density at radius 2 is 2.00 bits per heavy atom. The highest BCUT2D eigenvalue weighted by molar-refractivity contribution is 5.82. The van der Waals surface area contributed by atoms with Gasteiger partial charge in [-0.25, -0.2) is 0 Å². The second-order valence-electron chi connectivity index (χ2n) is 8.31. The standard InChI is InChI=1S/C23H29N3O3/c1-29-23(28)21-13-18(25-22(27)12-16-6-2-3-7-16)15-26(21)14-17-10-11-24-20-9-5-4-8-19(17)20/h4-5,8-11,16,18,21H,2-3,6-7,12-15H2,1H3,(H,25,27)/t18-,21-/m0/s1. The molecule has 0 spiro atoms. The number of rotatable bonds is 6. The van der Waals surface area contributed by atoms with E-state index in [1.807, 2.05) is 30.5 Å². The Bertz CT molecular complexity index is 873. The van der Waals surface area contributed by atoms with Crippen molar-refractivity contribution in [2.24, 2.45) is 5.92 Å². The number of nitrogens with zero attached hydrogens (tertiary/aromatic N) is 2. The largest absolute Gasteiger partial charge is 0.468 e. The zero-order valence-corrected chi connectivity index (χ0v) is 17.0. The van der Waals surface area contributed by atoms with Gasteiger partial charge in [0.2, 0.25) is 5.91 Å². The molecule has 1 aromatic carbocycles. The predicted octanol–water partition coefficient (Wildman–Crippen LogP) is 3.05. The maximum atomic E-state index is 12.5. The molecule has 0 unspecified atom stereocenters. The van der Waals surface area contributed by atoms with Crippen LogP contribution in [0.25, 0.3) is 10.9 Å². The fourth-order valence-electron chi connectivity index (χ4n) is 4.84. The first kappa shape index (κ1) is 19.8. The summed E-state index contributed by atoms with van der Waals surface area (Å²) in [5.41, 5.74) is 2.07. The van der Waals surface area contributed by atoms with Gasteiger partial charge in [0.05, 0.1) is 12.6 Å². The summed E-state index contributed by atoms with van der Waals surface area (Å²) in [6.07, 6.45) is 7.79. The summed E-state index contributed by atoms with van der Waals surface area (Å²) >= 11 is 0. The number of para-hydroxylation sites is 1. The van der Waals surface area contributed by atoms with Crippen LogP contribution in [-0.4, -0.2) is 47.5 Å². The second kappa shape index (κ2) is 8.91. The van der Waals surface area contributed by atoms with Crippen LogP contribution in [-0.2, 0) is 20.9 Å². The molecule has 2 aromatic rings. The van der Waals surface area contributed by atoms with Gasteiger partial charge in [0.1, 0.15) is 6.04 Å². The number of hydrogen-bond donors (Lipinski definition) is 1. The molecule has 29 heavy (non-hydrogen) atoms. The monoisotopic (exact) mass is 395 g/mol. The van der Waals surface area contributed by atoms with Crippen LogP contribution in [0.3, 0.4) is 0 Å². The SMILES string of the molecule is COC(=O)[C@@H]1C[C@H](NC(=O)CC2CCCC2)CN1Cc1ccnc2ccccc12. The molecule has 1 aliphatic heterocycles. The van der Waals surface area contributed by atoms with Crippen LogP contribution < -0.4 is 5.32 Å². The quantitative estimate of drug-likeness (QED) is 0.761. The number of esters is 1. The van der Waals surface area contributed by atoms with Crippen molar-refractivity contribution in [2.75, 3.05) is 13.7 Å². The highest BCUT2D eigenvalue weighted by Gasteiger charge is 2.38. The Balaban J connectivity index is 1.45. The molecular weight excluding hydrogens is 366 g/mol. The van der Waals surface area contributed by atoms with E-state index in [1.54, 1.807) is 0 Å². The van der Waals surface area contributed by atoms with E-state index < -0.39 is 0 Å². The molecule has 1 aromatic heterocycles. The average molecular weight is 396 g/mol. The summed E-state index contributed by atoms with van der Waals surface area (Å²) in [7, 11) is 1.42. The molecule has 154 valence electrons. The van der Waals surface area contributed by atoms with Crippen LogP contribution in [0.1, 0.15) is 44.1 Å².